The molecule has 0 aliphatic carbocycles. The molecule has 0 aliphatic rings. The van der Waals surface area contributed by atoms with E-state index in [-0.39, 0.29) is 5.75 Å². The topological polar surface area (TPSA) is 37.3 Å². The van der Waals surface area contributed by atoms with Crippen molar-refractivity contribution in [2.75, 3.05) is 11.5 Å². The van der Waals surface area contributed by atoms with Crippen LogP contribution in [-0.2, 0) is 4.79 Å². The molecule has 1 N–H and O–H groups in total. The molecular weight excluding hydrogens is 304 g/mol. The summed E-state index contributed by atoms with van der Waals surface area (Å²) in [7, 11) is 0. The number of thioether (sulfide) groups is 1. The third kappa shape index (κ3) is 21.3. The molecule has 0 aromatic rings. The molecule has 2 nitrogen and oxygen atoms in total. The van der Waals surface area contributed by atoms with E-state index in [2.05, 4.69) is 31.2 Å². The second kappa shape index (κ2) is 19.3. The number of hydrogen-bond acceptors (Lipinski definition) is 2. The molecular formula is C20H36O2S. The average molecular weight is 341 g/mol. The summed E-state index contributed by atoms with van der Waals surface area (Å²) < 4.78 is 0. The van der Waals surface area contributed by atoms with Crippen molar-refractivity contribution >= 4 is 17.7 Å². The van der Waals surface area contributed by atoms with Crippen molar-refractivity contribution in [1.29, 1.82) is 0 Å². The summed E-state index contributed by atoms with van der Waals surface area (Å²) in [6, 6.07) is 0. The summed E-state index contributed by atoms with van der Waals surface area (Å²) in [4.78, 5) is 10.3. The van der Waals surface area contributed by atoms with Crippen molar-refractivity contribution in [1.82, 2.24) is 0 Å². The van der Waals surface area contributed by atoms with Gasteiger partial charge in [0.1, 0.15) is 0 Å². The third-order valence-electron chi connectivity index (χ3n) is 3.71. The van der Waals surface area contributed by atoms with Gasteiger partial charge >= 0.3 is 5.97 Å². The number of carboxylic acid groups (broad SMARTS) is 1. The zero-order valence-corrected chi connectivity index (χ0v) is 15.8. The molecule has 23 heavy (non-hydrogen) atoms. The molecule has 134 valence electrons. The SMILES string of the molecule is CCCCC/C=C\C/C=C\CCCCCCCCSCC(=O)O. The lowest BCUT2D eigenvalue weighted by Gasteiger charge is -2.00. The van der Waals surface area contributed by atoms with Gasteiger partial charge < -0.3 is 5.11 Å². The zero-order chi connectivity index (χ0) is 17.0. The van der Waals surface area contributed by atoms with E-state index in [1.807, 2.05) is 0 Å². The Labute approximate surface area is 147 Å². The fourth-order valence-electron chi connectivity index (χ4n) is 2.35. The molecule has 0 unspecified atom stereocenters. The largest absolute Gasteiger partial charge is 0.481 e. The van der Waals surface area contributed by atoms with Crippen molar-refractivity contribution in [3.63, 3.8) is 0 Å². The lowest BCUT2D eigenvalue weighted by atomic mass is 10.1. The summed E-state index contributed by atoms with van der Waals surface area (Å²) in [5.41, 5.74) is 0. The van der Waals surface area contributed by atoms with Gasteiger partial charge in [-0.25, -0.2) is 0 Å². The van der Waals surface area contributed by atoms with Crippen molar-refractivity contribution in [3.8, 4) is 0 Å². The van der Waals surface area contributed by atoms with Gasteiger partial charge in [0.15, 0.2) is 0 Å². The van der Waals surface area contributed by atoms with Crippen LogP contribution in [-0.4, -0.2) is 22.6 Å². The first-order valence-corrected chi connectivity index (χ1v) is 10.5. The fraction of sp³-hybridized carbons (Fsp3) is 0.750. The predicted molar refractivity (Wildman–Crippen MR) is 104 cm³/mol. The molecule has 0 atom stereocenters. The average Bonchev–Trinajstić information content (AvgIpc) is 2.53. The van der Waals surface area contributed by atoms with Gasteiger partial charge in [0.25, 0.3) is 0 Å². The minimum Gasteiger partial charge on any atom is -0.481 e. The van der Waals surface area contributed by atoms with Crippen molar-refractivity contribution in [3.05, 3.63) is 24.3 Å². The highest BCUT2D eigenvalue weighted by atomic mass is 32.2. The van der Waals surface area contributed by atoms with E-state index in [0.717, 1.165) is 18.6 Å². The lowest BCUT2D eigenvalue weighted by Crippen LogP contribution is -1.98. The quantitative estimate of drug-likeness (QED) is 0.239. The number of allylic oxidation sites excluding steroid dienone is 4. The van der Waals surface area contributed by atoms with Gasteiger partial charge in [-0.15, -0.1) is 0 Å². The number of carboxylic acids is 1. The highest BCUT2D eigenvalue weighted by Crippen LogP contribution is 2.11. The van der Waals surface area contributed by atoms with E-state index >= 15 is 0 Å². The molecule has 0 radical (unpaired) electrons. The van der Waals surface area contributed by atoms with Gasteiger partial charge in [0.05, 0.1) is 5.75 Å². The smallest absolute Gasteiger partial charge is 0.313 e. The van der Waals surface area contributed by atoms with Crippen LogP contribution in [0.4, 0.5) is 0 Å². The van der Waals surface area contributed by atoms with E-state index in [9.17, 15) is 4.79 Å². The normalized spacial score (nSPS) is 11.7. The Morgan fingerprint density at radius 3 is 2.00 bits per heavy atom. The van der Waals surface area contributed by atoms with E-state index in [4.69, 9.17) is 5.11 Å². The van der Waals surface area contributed by atoms with Crippen LogP contribution < -0.4 is 0 Å². The Morgan fingerprint density at radius 2 is 1.39 bits per heavy atom. The van der Waals surface area contributed by atoms with Gasteiger partial charge in [-0.3, -0.25) is 4.79 Å². The number of rotatable bonds is 17. The zero-order valence-electron chi connectivity index (χ0n) is 15.0. The van der Waals surface area contributed by atoms with Gasteiger partial charge in [0.2, 0.25) is 0 Å². The summed E-state index contributed by atoms with van der Waals surface area (Å²) in [5.74, 6) is 0.538. The standard InChI is InChI=1S/C20H36O2S/c1-2-3-4-5-6-7-8-9-10-11-12-13-14-15-16-17-18-23-19-20(21)22/h6-7,9-10H,2-5,8,11-19H2,1H3,(H,21,22)/b7-6-,10-9-. The van der Waals surface area contributed by atoms with Crippen molar-refractivity contribution in [2.24, 2.45) is 0 Å². The molecule has 0 saturated carbocycles. The van der Waals surface area contributed by atoms with Crippen LogP contribution in [0.25, 0.3) is 0 Å². The van der Waals surface area contributed by atoms with Gasteiger partial charge in [0, 0.05) is 0 Å². The first-order valence-electron chi connectivity index (χ1n) is 9.37. The molecule has 0 spiro atoms. The highest BCUT2D eigenvalue weighted by Gasteiger charge is 1.96. The lowest BCUT2D eigenvalue weighted by molar-refractivity contribution is -0.133. The molecule has 0 saturated heterocycles. The molecule has 0 aromatic carbocycles. The molecule has 0 heterocycles. The summed E-state index contributed by atoms with van der Waals surface area (Å²) in [6.07, 6.45) is 24.3. The fourth-order valence-corrected chi connectivity index (χ4v) is 3.08. The van der Waals surface area contributed by atoms with Crippen LogP contribution in [0.15, 0.2) is 24.3 Å². The Bertz CT molecular complexity index is 311. The third-order valence-corrected chi connectivity index (χ3v) is 4.74. The van der Waals surface area contributed by atoms with Crippen LogP contribution in [0.3, 0.4) is 0 Å². The minimum absolute atomic E-state index is 0.250. The maximum absolute atomic E-state index is 10.3. The predicted octanol–water partition coefficient (Wildman–Crippen LogP) is 6.62. The molecule has 0 rings (SSSR count). The van der Waals surface area contributed by atoms with Gasteiger partial charge in [-0.05, 0) is 44.3 Å². The van der Waals surface area contributed by atoms with Crippen molar-refractivity contribution < 1.29 is 9.90 Å². The Morgan fingerprint density at radius 1 is 0.826 bits per heavy atom. The Balaban J connectivity index is 3.14. The van der Waals surface area contributed by atoms with E-state index in [1.54, 1.807) is 0 Å². The van der Waals surface area contributed by atoms with E-state index < -0.39 is 5.97 Å². The van der Waals surface area contributed by atoms with Crippen LogP contribution in [0.1, 0.15) is 84.0 Å². The minimum atomic E-state index is -0.699. The molecule has 0 fully saturated rings. The summed E-state index contributed by atoms with van der Waals surface area (Å²) in [6.45, 7) is 2.24. The van der Waals surface area contributed by atoms with Crippen molar-refractivity contribution in [2.45, 2.75) is 84.0 Å². The molecule has 0 aromatic heterocycles. The first-order chi connectivity index (χ1) is 11.3. The number of aliphatic carboxylic acids is 1. The maximum Gasteiger partial charge on any atom is 0.313 e. The van der Waals surface area contributed by atoms with Gasteiger partial charge in [-0.2, -0.15) is 11.8 Å². The van der Waals surface area contributed by atoms with E-state index in [0.29, 0.717) is 0 Å². The maximum atomic E-state index is 10.3. The molecule has 3 heteroatoms. The number of unbranched alkanes of at least 4 members (excludes halogenated alkanes) is 9. The molecule has 0 bridgehead atoms. The summed E-state index contributed by atoms with van der Waals surface area (Å²) >= 11 is 1.53. The molecule has 0 aliphatic heterocycles. The van der Waals surface area contributed by atoms with Gasteiger partial charge in [-0.1, -0.05) is 69.8 Å². The monoisotopic (exact) mass is 340 g/mol. The molecule has 0 amide bonds. The second-order valence-corrected chi connectivity index (χ2v) is 7.14. The first kappa shape index (κ1) is 22.3. The Kier molecular flexibility index (Phi) is 18.8. The number of hydrogen-bond donors (Lipinski definition) is 1. The highest BCUT2D eigenvalue weighted by molar-refractivity contribution is 7.99. The van der Waals surface area contributed by atoms with E-state index in [1.165, 1.54) is 76.0 Å². The second-order valence-electron chi connectivity index (χ2n) is 6.03. The van der Waals surface area contributed by atoms with Crippen LogP contribution in [0.5, 0.6) is 0 Å². The number of carbonyl (C=O) groups is 1. The van der Waals surface area contributed by atoms with Crippen LogP contribution in [0.2, 0.25) is 0 Å². The summed E-state index contributed by atoms with van der Waals surface area (Å²) in [5, 5.41) is 8.52. The van der Waals surface area contributed by atoms with Crippen LogP contribution in [0, 0.1) is 0 Å². The Hall–Kier alpha value is -0.700. The van der Waals surface area contributed by atoms with Crippen LogP contribution >= 0.6 is 11.8 Å².